The van der Waals surface area contributed by atoms with Gasteiger partial charge in [0, 0.05) is 36.8 Å². The number of benzene rings is 1. The summed E-state index contributed by atoms with van der Waals surface area (Å²) in [5, 5.41) is 6.05. The predicted octanol–water partition coefficient (Wildman–Crippen LogP) is 6.29. The van der Waals surface area contributed by atoms with E-state index in [9.17, 15) is 22.8 Å². The van der Waals surface area contributed by atoms with Crippen LogP contribution in [0.25, 0.3) is 6.08 Å². The fourth-order valence-electron chi connectivity index (χ4n) is 7.37. The fourth-order valence-corrected chi connectivity index (χ4v) is 7.37. The van der Waals surface area contributed by atoms with Crippen molar-refractivity contribution in [2.45, 2.75) is 90.0 Å². The number of methoxy groups -OCH3 is 1. The Morgan fingerprint density at radius 1 is 1.17 bits per heavy atom. The second-order valence-corrected chi connectivity index (χ2v) is 13.3. The maximum Gasteiger partial charge on any atom is 0.419 e. The van der Waals surface area contributed by atoms with E-state index in [-0.39, 0.29) is 52.9 Å². The molecule has 2 heterocycles. The maximum atomic E-state index is 14.0. The Kier molecular flexibility index (Phi) is 9.95. The van der Waals surface area contributed by atoms with Gasteiger partial charge in [-0.25, -0.2) is 9.97 Å². The first-order chi connectivity index (χ1) is 21.8. The van der Waals surface area contributed by atoms with Crippen LogP contribution in [0.4, 0.5) is 24.8 Å². The van der Waals surface area contributed by atoms with E-state index in [4.69, 9.17) is 4.74 Å². The second kappa shape index (κ2) is 13.6. The first-order valence-corrected chi connectivity index (χ1v) is 16.2. The Bertz CT molecular complexity index is 1460. The highest BCUT2D eigenvalue weighted by molar-refractivity contribution is 5.95. The van der Waals surface area contributed by atoms with Gasteiger partial charge in [-0.15, -0.1) is 0 Å². The smallest absolute Gasteiger partial charge is 0.419 e. The minimum absolute atomic E-state index is 0.0295. The third kappa shape index (κ3) is 7.32. The summed E-state index contributed by atoms with van der Waals surface area (Å²) in [6.45, 7) is 7.44. The number of hydrogen-bond acceptors (Lipinski definition) is 7. The SMILES string of the molecule is COc1cc(C(=O)NC2CCN(C)CC2)ccc1Nc1ncc(C(F)(F)F)c(/C=C/[C@@H]2C[C@@]23CCCC[C@H]3N(C(C)=O)C(C)C)n1. The summed E-state index contributed by atoms with van der Waals surface area (Å²) < 4.78 is 47.6. The molecule has 3 aliphatic rings. The van der Waals surface area contributed by atoms with Gasteiger partial charge in [0.2, 0.25) is 11.9 Å². The largest absolute Gasteiger partial charge is 0.495 e. The molecule has 2 amide bonds. The first kappa shape index (κ1) is 33.7. The van der Waals surface area contributed by atoms with Crippen LogP contribution in [0.5, 0.6) is 5.75 Å². The molecule has 1 aromatic carbocycles. The van der Waals surface area contributed by atoms with Gasteiger partial charge < -0.3 is 25.2 Å². The van der Waals surface area contributed by atoms with Crippen LogP contribution in [0.3, 0.4) is 0 Å². The van der Waals surface area contributed by atoms with Gasteiger partial charge in [0.05, 0.1) is 24.1 Å². The van der Waals surface area contributed by atoms with Crippen molar-refractivity contribution in [3.05, 3.63) is 47.3 Å². The van der Waals surface area contributed by atoms with Gasteiger partial charge in [-0.1, -0.05) is 18.9 Å². The van der Waals surface area contributed by atoms with Crippen LogP contribution in [-0.2, 0) is 11.0 Å². The molecular formula is C34H45F3N6O3. The average molecular weight is 643 g/mol. The number of carbonyl (C=O) groups is 2. The van der Waals surface area contributed by atoms with Crippen LogP contribution in [0.15, 0.2) is 30.5 Å². The van der Waals surface area contributed by atoms with Crippen LogP contribution in [-0.4, -0.2) is 77.0 Å². The molecule has 9 nitrogen and oxygen atoms in total. The van der Waals surface area contributed by atoms with Gasteiger partial charge in [0.15, 0.2) is 0 Å². The first-order valence-electron chi connectivity index (χ1n) is 16.2. The molecule has 1 spiro atoms. The molecule has 2 saturated carbocycles. The molecular weight excluding hydrogens is 597 g/mol. The number of carbonyl (C=O) groups excluding carboxylic acids is 2. The van der Waals surface area contributed by atoms with E-state index in [2.05, 4.69) is 32.5 Å². The Balaban J connectivity index is 1.34. The molecule has 0 bridgehead atoms. The molecule has 1 aliphatic heterocycles. The monoisotopic (exact) mass is 642 g/mol. The molecule has 5 rings (SSSR count). The molecule has 1 saturated heterocycles. The number of hydrogen-bond donors (Lipinski definition) is 2. The quantitative estimate of drug-likeness (QED) is 0.332. The molecule has 2 aliphatic carbocycles. The molecule has 2 aromatic rings. The van der Waals surface area contributed by atoms with Crippen LogP contribution < -0.4 is 15.4 Å². The van der Waals surface area contributed by atoms with E-state index in [1.165, 1.54) is 13.2 Å². The molecule has 1 aromatic heterocycles. The third-order valence-corrected chi connectivity index (χ3v) is 9.84. The van der Waals surface area contributed by atoms with Crippen molar-refractivity contribution >= 4 is 29.5 Å². The van der Waals surface area contributed by atoms with Crippen LogP contribution in [0, 0.1) is 11.3 Å². The predicted molar refractivity (Wildman–Crippen MR) is 171 cm³/mol. The lowest BCUT2D eigenvalue weighted by atomic mass is 9.78. The molecule has 2 N–H and O–H groups in total. The number of piperidine rings is 1. The van der Waals surface area contributed by atoms with Gasteiger partial charge >= 0.3 is 6.18 Å². The van der Waals surface area contributed by atoms with E-state index in [1.807, 2.05) is 24.8 Å². The second-order valence-electron chi connectivity index (χ2n) is 13.3. The topological polar surface area (TPSA) is 99.7 Å². The van der Waals surface area contributed by atoms with Gasteiger partial charge in [-0.3, -0.25) is 9.59 Å². The Labute approximate surface area is 269 Å². The van der Waals surface area contributed by atoms with Crippen molar-refractivity contribution in [2.24, 2.45) is 11.3 Å². The van der Waals surface area contributed by atoms with E-state index in [0.29, 0.717) is 17.0 Å². The lowest BCUT2D eigenvalue weighted by Crippen LogP contribution is -2.50. The van der Waals surface area contributed by atoms with Gasteiger partial charge in [-0.05, 0) is 102 Å². The number of rotatable bonds is 9. The van der Waals surface area contributed by atoms with Crippen molar-refractivity contribution in [3.8, 4) is 5.75 Å². The van der Waals surface area contributed by atoms with E-state index < -0.39 is 11.7 Å². The minimum atomic E-state index is -4.64. The Morgan fingerprint density at radius 2 is 1.91 bits per heavy atom. The highest BCUT2D eigenvalue weighted by atomic mass is 19.4. The highest BCUT2D eigenvalue weighted by Gasteiger charge is 2.60. The maximum absolute atomic E-state index is 14.0. The number of nitrogens with zero attached hydrogens (tertiary/aromatic N) is 4. The summed E-state index contributed by atoms with van der Waals surface area (Å²) in [7, 11) is 3.51. The van der Waals surface area contributed by atoms with Gasteiger partial charge in [-0.2, -0.15) is 13.2 Å². The molecule has 3 atom stereocenters. The summed E-state index contributed by atoms with van der Waals surface area (Å²) in [6.07, 6.45) is 5.91. The number of ether oxygens (including phenoxy) is 1. The van der Waals surface area contributed by atoms with E-state index in [1.54, 1.807) is 25.1 Å². The third-order valence-electron chi connectivity index (χ3n) is 9.84. The molecule has 12 heteroatoms. The highest BCUT2D eigenvalue weighted by Crippen LogP contribution is 2.63. The van der Waals surface area contributed by atoms with Crippen molar-refractivity contribution in [3.63, 3.8) is 0 Å². The molecule has 0 unspecified atom stereocenters. The zero-order valence-corrected chi connectivity index (χ0v) is 27.3. The van der Waals surface area contributed by atoms with Crippen LogP contribution in [0.2, 0.25) is 0 Å². The number of anilines is 2. The number of aromatic nitrogens is 2. The van der Waals surface area contributed by atoms with Crippen molar-refractivity contribution < 1.29 is 27.5 Å². The number of likely N-dealkylation sites (tertiary alicyclic amines) is 1. The van der Waals surface area contributed by atoms with E-state index in [0.717, 1.165) is 64.2 Å². The Hall–Kier alpha value is -3.67. The lowest BCUT2D eigenvalue weighted by molar-refractivity contribution is -0.138. The van der Waals surface area contributed by atoms with Crippen LogP contribution in [0.1, 0.15) is 87.3 Å². The summed E-state index contributed by atoms with van der Waals surface area (Å²) >= 11 is 0. The molecule has 46 heavy (non-hydrogen) atoms. The summed E-state index contributed by atoms with van der Waals surface area (Å²) in [4.78, 5) is 37.9. The minimum Gasteiger partial charge on any atom is -0.495 e. The number of halogens is 3. The molecule has 250 valence electrons. The fraction of sp³-hybridized carbons (Fsp3) is 0.588. The average Bonchev–Trinajstić information content (AvgIpc) is 3.69. The number of amides is 2. The van der Waals surface area contributed by atoms with Crippen molar-refractivity contribution in [1.29, 1.82) is 0 Å². The van der Waals surface area contributed by atoms with E-state index >= 15 is 0 Å². The van der Waals surface area contributed by atoms with Crippen molar-refractivity contribution in [1.82, 2.24) is 25.1 Å². The molecule has 0 radical (unpaired) electrons. The number of allylic oxidation sites excluding steroid dienone is 1. The zero-order chi connectivity index (χ0) is 33.2. The number of nitrogens with one attached hydrogen (secondary N) is 2. The summed E-state index contributed by atoms with van der Waals surface area (Å²) in [5.74, 6) is 0.177. The number of alkyl halides is 3. The van der Waals surface area contributed by atoms with Crippen LogP contribution >= 0.6 is 0 Å². The lowest BCUT2D eigenvalue weighted by Gasteiger charge is -2.43. The van der Waals surface area contributed by atoms with Gasteiger partial charge in [0.1, 0.15) is 5.75 Å². The normalized spacial score (nSPS) is 23.9. The van der Waals surface area contributed by atoms with Crippen molar-refractivity contribution in [2.75, 3.05) is 32.6 Å². The summed E-state index contributed by atoms with van der Waals surface area (Å²) in [6, 6.07) is 5.07. The zero-order valence-electron chi connectivity index (χ0n) is 27.3. The Morgan fingerprint density at radius 3 is 2.57 bits per heavy atom. The van der Waals surface area contributed by atoms with Gasteiger partial charge in [0.25, 0.3) is 5.91 Å². The standard InChI is InChI=1S/C34H45F3N6O3/c1-21(2)43(22(3)44)30-8-6-7-15-33(30)19-24(33)10-12-27-26(34(35,36)37)20-38-32(40-27)41-28-11-9-23(18-29(28)46-5)31(45)39-25-13-16-42(4)17-14-25/h9-12,18,20-21,24-25,30H,6-8,13-17,19H2,1-5H3,(H,39,45)(H,38,40,41)/b12-10+/t24-,30-,33+/m1/s1. The summed E-state index contributed by atoms with van der Waals surface area (Å²) in [5.41, 5.74) is -0.452. The molecule has 3 fully saturated rings.